The molecule has 1 aromatic heterocycles. The maximum Gasteiger partial charge on any atom is 0.319 e. The first-order valence-electron chi connectivity index (χ1n) is 22.7. The SMILES string of the molecule is CN(C(=O)N1CCC(Oc2cc(N3C[C@@H]4COC[C@@H]3CN4c3cc(-c4ccccc4O)nnc3N)ccc2F)CC1)C1CCN(c2cccc3c2OCCN3[C@H]2CCC(=O)NC2=O)CC1. The number of aromatic nitrogens is 2. The van der Waals surface area contributed by atoms with Crippen LogP contribution in [0.2, 0.25) is 0 Å². The molecule has 11 rings (SSSR count). The van der Waals surface area contributed by atoms with Gasteiger partial charge in [0.25, 0.3) is 0 Å². The molecule has 3 aromatic carbocycles. The Morgan fingerprint density at radius 2 is 1.62 bits per heavy atom. The Hall–Kier alpha value is -6.56. The van der Waals surface area contributed by atoms with Crippen molar-refractivity contribution in [2.45, 2.75) is 68.8 Å². The number of aromatic hydroxyl groups is 1. The second-order valence-corrected chi connectivity index (χ2v) is 17.8. The van der Waals surface area contributed by atoms with E-state index in [2.05, 4.69) is 35.1 Å². The number of hydrogen-bond donors (Lipinski definition) is 3. The summed E-state index contributed by atoms with van der Waals surface area (Å²) < 4.78 is 34.1. The van der Waals surface area contributed by atoms with Crippen LogP contribution in [0.3, 0.4) is 0 Å². The van der Waals surface area contributed by atoms with Crippen LogP contribution in [0, 0.1) is 5.82 Å². The third kappa shape index (κ3) is 8.35. The number of ether oxygens (including phenoxy) is 3. The van der Waals surface area contributed by atoms with Gasteiger partial charge in [-0.25, -0.2) is 9.18 Å². The fraction of sp³-hybridized carbons (Fsp3) is 0.468. The Labute approximate surface area is 376 Å². The Kier molecular flexibility index (Phi) is 11.6. The number of para-hydroxylation sites is 2. The maximum atomic E-state index is 15.4. The number of urea groups is 1. The number of nitrogens with one attached hydrogen (secondary N) is 1. The lowest BCUT2D eigenvalue weighted by Crippen LogP contribution is -2.58. The predicted molar refractivity (Wildman–Crippen MR) is 242 cm³/mol. The number of imide groups is 1. The Balaban J connectivity index is 0.733. The molecule has 17 nitrogen and oxygen atoms in total. The summed E-state index contributed by atoms with van der Waals surface area (Å²) in [5, 5.41) is 21.5. The third-order valence-electron chi connectivity index (χ3n) is 14.0. The van der Waals surface area contributed by atoms with Crippen LogP contribution >= 0.6 is 0 Å². The monoisotopic (exact) mass is 890 g/mol. The van der Waals surface area contributed by atoms with Crippen molar-refractivity contribution >= 4 is 46.4 Å². The van der Waals surface area contributed by atoms with Crippen molar-refractivity contribution in [3.63, 3.8) is 0 Å². The molecule has 0 radical (unpaired) electrons. The summed E-state index contributed by atoms with van der Waals surface area (Å²) in [7, 11) is 1.88. The van der Waals surface area contributed by atoms with Crippen LogP contribution in [0.15, 0.2) is 66.7 Å². The summed E-state index contributed by atoms with van der Waals surface area (Å²) in [4.78, 5) is 51.0. The number of carbonyl (C=O) groups excluding carboxylic acids is 3. The number of piperidine rings is 3. The van der Waals surface area contributed by atoms with Gasteiger partial charge in [-0.05, 0) is 61.7 Å². The summed E-state index contributed by atoms with van der Waals surface area (Å²) in [5.74, 6) is 0.420. The van der Waals surface area contributed by atoms with Gasteiger partial charge < -0.3 is 54.5 Å². The summed E-state index contributed by atoms with van der Waals surface area (Å²) >= 11 is 0. The van der Waals surface area contributed by atoms with E-state index in [9.17, 15) is 19.5 Å². The van der Waals surface area contributed by atoms with Gasteiger partial charge in [0, 0.05) is 88.9 Å². The highest BCUT2D eigenvalue weighted by Crippen LogP contribution is 2.43. The first-order valence-corrected chi connectivity index (χ1v) is 22.7. The molecular formula is C47H55FN10O7. The van der Waals surface area contributed by atoms with Crippen molar-refractivity contribution in [2.24, 2.45) is 0 Å². The van der Waals surface area contributed by atoms with Crippen molar-refractivity contribution < 1.29 is 38.1 Å². The summed E-state index contributed by atoms with van der Waals surface area (Å²) in [5.41, 5.74) is 10.9. The molecule has 2 bridgehead atoms. The van der Waals surface area contributed by atoms with Crippen molar-refractivity contribution in [2.75, 3.05) is 98.0 Å². The second kappa shape index (κ2) is 17.8. The van der Waals surface area contributed by atoms with E-state index >= 15 is 4.39 Å². The normalized spacial score (nSPS) is 22.9. The smallest absolute Gasteiger partial charge is 0.319 e. The van der Waals surface area contributed by atoms with Gasteiger partial charge in [-0.3, -0.25) is 14.9 Å². The second-order valence-electron chi connectivity index (χ2n) is 17.8. The van der Waals surface area contributed by atoms with E-state index in [0.717, 1.165) is 54.4 Å². The molecule has 4 aromatic rings. The fourth-order valence-electron chi connectivity index (χ4n) is 10.4. The van der Waals surface area contributed by atoms with Crippen molar-refractivity contribution in [3.8, 4) is 28.5 Å². The lowest BCUT2D eigenvalue weighted by molar-refractivity contribution is -0.134. The summed E-state index contributed by atoms with van der Waals surface area (Å²) in [6.45, 7) is 5.64. The van der Waals surface area contributed by atoms with E-state index in [4.69, 9.17) is 19.9 Å². The minimum Gasteiger partial charge on any atom is -0.507 e. The molecule has 342 valence electrons. The molecule has 6 fully saturated rings. The van der Waals surface area contributed by atoms with Gasteiger partial charge in [-0.1, -0.05) is 18.2 Å². The van der Waals surface area contributed by atoms with Gasteiger partial charge >= 0.3 is 6.03 Å². The number of phenolic OH excluding ortho intramolecular Hbond substituents is 1. The highest BCUT2D eigenvalue weighted by atomic mass is 19.1. The number of hydrogen-bond acceptors (Lipinski definition) is 14. The van der Waals surface area contributed by atoms with Crippen LogP contribution in [-0.2, 0) is 14.3 Å². The average Bonchev–Trinajstić information content (AvgIpc) is 3.67. The molecule has 0 aliphatic carbocycles. The number of phenols is 1. The zero-order valence-electron chi connectivity index (χ0n) is 36.5. The molecule has 0 saturated carbocycles. The summed E-state index contributed by atoms with van der Waals surface area (Å²) in [6, 6.07) is 19.4. The Bertz CT molecular complexity index is 2450. The Morgan fingerprint density at radius 1 is 0.862 bits per heavy atom. The van der Waals surface area contributed by atoms with Gasteiger partial charge in [0.1, 0.15) is 24.5 Å². The van der Waals surface area contributed by atoms with E-state index in [-0.39, 0.29) is 53.6 Å². The fourth-order valence-corrected chi connectivity index (χ4v) is 10.4. The number of benzene rings is 3. The lowest BCUT2D eigenvalue weighted by Gasteiger charge is -2.45. The van der Waals surface area contributed by atoms with Crippen LogP contribution in [0.4, 0.5) is 37.8 Å². The van der Waals surface area contributed by atoms with Gasteiger partial charge in [0.15, 0.2) is 23.1 Å². The molecule has 0 unspecified atom stereocenters. The van der Waals surface area contributed by atoms with E-state index in [1.165, 1.54) is 6.07 Å². The summed E-state index contributed by atoms with van der Waals surface area (Å²) in [6.07, 6.45) is 3.28. The zero-order chi connectivity index (χ0) is 44.8. The molecule has 7 aliphatic rings. The number of likely N-dealkylation sites (tertiary alicyclic amines) is 1. The molecule has 7 aliphatic heterocycles. The first-order chi connectivity index (χ1) is 31.6. The largest absolute Gasteiger partial charge is 0.507 e. The molecule has 8 heterocycles. The molecule has 3 atom stereocenters. The molecular weight excluding hydrogens is 836 g/mol. The van der Waals surface area contributed by atoms with Gasteiger partial charge in [0.2, 0.25) is 11.8 Å². The number of halogens is 1. The van der Waals surface area contributed by atoms with Crippen LogP contribution in [0.5, 0.6) is 17.2 Å². The van der Waals surface area contributed by atoms with Gasteiger partial charge in [-0.2, -0.15) is 0 Å². The number of nitrogens with zero attached hydrogens (tertiary/aromatic N) is 8. The van der Waals surface area contributed by atoms with E-state index in [1.54, 1.807) is 30.3 Å². The number of nitrogen functional groups attached to an aromatic ring is 1. The van der Waals surface area contributed by atoms with E-state index in [0.29, 0.717) is 95.3 Å². The topological polar surface area (TPSA) is 182 Å². The number of amides is 4. The molecule has 65 heavy (non-hydrogen) atoms. The minimum atomic E-state index is -0.433. The van der Waals surface area contributed by atoms with E-state index < -0.39 is 11.9 Å². The number of carbonyl (C=O) groups is 3. The molecule has 0 spiro atoms. The van der Waals surface area contributed by atoms with Crippen LogP contribution in [0.25, 0.3) is 11.3 Å². The molecule has 18 heteroatoms. The minimum absolute atomic E-state index is 0.0124. The van der Waals surface area contributed by atoms with Crippen molar-refractivity contribution in [1.29, 1.82) is 0 Å². The molecule has 6 saturated heterocycles. The van der Waals surface area contributed by atoms with Crippen LogP contribution < -0.4 is 40.1 Å². The van der Waals surface area contributed by atoms with Crippen LogP contribution in [0.1, 0.15) is 38.5 Å². The Morgan fingerprint density at radius 3 is 2.40 bits per heavy atom. The highest BCUT2D eigenvalue weighted by molar-refractivity contribution is 6.02. The van der Waals surface area contributed by atoms with Crippen LogP contribution in [-0.4, -0.2) is 146 Å². The zero-order valence-corrected chi connectivity index (χ0v) is 36.5. The number of nitrogens with two attached hydrogens (primary N) is 1. The number of piperazine rings is 1. The van der Waals surface area contributed by atoms with Gasteiger partial charge in [0.05, 0.1) is 54.6 Å². The highest BCUT2D eigenvalue weighted by Gasteiger charge is 2.40. The standard InChI is InChI=1S/C47H55FN10O7/c1-53(29-13-17-54(18-14-29)37-6-4-7-38-44(37)64-22-21-56(38)39-11-12-43(60)50-46(39)61)47(62)55-19-15-33(16-20-55)65-42-23-30(9-10-35(42)48)57-25-32-28-63-27-31(57)26-58(32)40-24-36(51-52-45(40)49)34-5-2-3-8-41(34)59/h2-10,23-24,29,31-33,39,59H,11-22,25-28H2,1H3,(H2,49,52)(H,50,60,61)/t31-,32+,39-/m0/s1. The maximum absolute atomic E-state index is 15.4. The molecule has 4 amide bonds. The molecule has 4 N–H and O–H groups in total. The third-order valence-corrected chi connectivity index (χ3v) is 14.0. The van der Waals surface area contributed by atoms with E-state index in [1.807, 2.05) is 47.2 Å². The van der Waals surface area contributed by atoms with Crippen molar-refractivity contribution in [3.05, 3.63) is 72.5 Å². The van der Waals surface area contributed by atoms with Gasteiger partial charge in [-0.15, -0.1) is 10.2 Å². The average molecular weight is 891 g/mol. The number of rotatable bonds is 8. The first kappa shape index (κ1) is 42.4. The lowest BCUT2D eigenvalue weighted by atomic mass is 10.0. The quantitative estimate of drug-likeness (QED) is 0.214. The predicted octanol–water partition coefficient (Wildman–Crippen LogP) is 4.23. The number of fused-ring (bicyclic) bond motifs is 5. The van der Waals surface area contributed by atoms with Crippen molar-refractivity contribution in [1.82, 2.24) is 25.3 Å². The number of anilines is 5.